The van der Waals surface area contributed by atoms with Gasteiger partial charge in [-0.05, 0) is 27.2 Å². The minimum atomic E-state index is -0.144. The molecule has 0 radical (unpaired) electrons. The molecular formula is C7H16N2O. The van der Waals surface area contributed by atoms with Crippen molar-refractivity contribution in [3.05, 3.63) is 12.7 Å². The topological polar surface area (TPSA) is 32.3 Å². The van der Waals surface area contributed by atoms with Gasteiger partial charge < -0.3 is 10.2 Å². The van der Waals surface area contributed by atoms with E-state index in [0.717, 1.165) is 0 Å². The van der Waals surface area contributed by atoms with Crippen molar-refractivity contribution in [2.75, 3.05) is 28.2 Å². The lowest BCUT2D eigenvalue weighted by atomic mass is 10.6. The molecule has 0 heterocycles. The van der Waals surface area contributed by atoms with Gasteiger partial charge in [-0.1, -0.05) is 6.58 Å². The van der Waals surface area contributed by atoms with Crippen molar-refractivity contribution in [2.45, 2.75) is 0 Å². The lowest BCUT2D eigenvalue weighted by Gasteiger charge is -1.90. The van der Waals surface area contributed by atoms with Crippen molar-refractivity contribution in [1.82, 2.24) is 10.2 Å². The number of hydrogen-bond acceptors (Lipinski definition) is 2. The number of nitrogens with one attached hydrogen (secondary N) is 1. The summed E-state index contributed by atoms with van der Waals surface area (Å²) in [5.74, 6) is -0.144. The molecule has 0 unspecified atom stereocenters. The highest BCUT2D eigenvalue weighted by Crippen LogP contribution is 1.56. The fourth-order valence-electron chi connectivity index (χ4n) is 0.102. The maximum atomic E-state index is 9.95. The van der Waals surface area contributed by atoms with E-state index in [1.54, 1.807) is 7.05 Å². The molecule has 0 spiro atoms. The van der Waals surface area contributed by atoms with Crippen LogP contribution in [-0.4, -0.2) is 39.0 Å². The van der Waals surface area contributed by atoms with E-state index in [1.807, 2.05) is 26.0 Å². The Hall–Kier alpha value is -0.830. The first-order chi connectivity index (χ1) is 4.54. The van der Waals surface area contributed by atoms with E-state index in [1.165, 1.54) is 6.08 Å². The lowest BCUT2D eigenvalue weighted by Crippen LogP contribution is -2.13. The number of rotatable bonds is 1. The van der Waals surface area contributed by atoms with Crippen LogP contribution in [0.15, 0.2) is 12.7 Å². The third kappa shape index (κ3) is 27.2. The van der Waals surface area contributed by atoms with Crippen molar-refractivity contribution in [2.24, 2.45) is 0 Å². The van der Waals surface area contributed by atoms with Crippen molar-refractivity contribution < 1.29 is 4.79 Å². The summed E-state index contributed by atoms with van der Waals surface area (Å²) in [6.07, 6.45) is 1.22. The number of nitrogens with zero attached hydrogens (tertiary/aromatic N) is 1. The molecular weight excluding hydrogens is 128 g/mol. The summed E-state index contributed by atoms with van der Waals surface area (Å²) >= 11 is 0. The van der Waals surface area contributed by atoms with Gasteiger partial charge in [-0.25, -0.2) is 0 Å². The summed E-state index contributed by atoms with van der Waals surface area (Å²) in [6.45, 7) is 3.22. The van der Waals surface area contributed by atoms with Crippen LogP contribution in [0.3, 0.4) is 0 Å². The predicted octanol–water partition coefficient (Wildman–Crippen LogP) is 0.0962. The van der Waals surface area contributed by atoms with E-state index in [-0.39, 0.29) is 5.91 Å². The zero-order valence-corrected chi connectivity index (χ0v) is 7.14. The Bertz CT molecular complexity index is 97.0. The minimum absolute atomic E-state index is 0.144. The van der Waals surface area contributed by atoms with Crippen LogP contribution in [0.5, 0.6) is 0 Å². The fourth-order valence-corrected chi connectivity index (χ4v) is 0.102. The Balaban J connectivity index is 0. The quantitative estimate of drug-likeness (QED) is 0.529. The highest BCUT2D eigenvalue weighted by atomic mass is 16.1. The molecule has 0 saturated carbocycles. The van der Waals surface area contributed by atoms with Crippen LogP contribution < -0.4 is 5.32 Å². The van der Waals surface area contributed by atoms with Crippen molar-refractivity contribution in [1.29, 1.82) is 0 Å². The van der Waals surface area contributed by atoms with Crippen LogP contribution in [0.1, 0.15) is 0 Å². The Morgan fingerprint density at radius 1 is 1.50 bits per heavy atom. The molecule has 10 heavy (non-hydrogen) atoms. The summed E-state index contributed by atoms with van der Waals surface area (Å²) in [4.78, 5) is 12.0. The Morgan fingerprint density at radius 2 is 1.80 bits per heavy atom. The van der Waals surface area contributed by atoms with E-state index in [2.05, 4.69) is 11.9 Å². The van der Waals surface area contributed by atoms with Gasteiger partial charge in [-0.3, -0.25) is 4.79 Å². The maximum Gasteiger partial charge on any atom is 0.243 e. The summed E-state index contributed by atoms with van der Waals surface area (Å²) in [7, 11) is 7.56. The highest BCUT2D eigenvalue weighted by molar-refractivity contribution is 5.86. The SMILES string of the molecule is C=CC(=O)NC.CN(C)C. The Kier molecular flexibility index (Phi) is 9.73. The third-order valence-electron chi connectivity index (χ3n) is 0.432. The van der Waals surface area contributed by atoms with E-state index < -0.39 is 0 Å². The number of amides is 1. The summed E-state index contributed by atoms with van der Waals surface area (Å²) in [6, 6.07) is 0. The average molecular weight is 144 g/mol. The molecule has 60 valence electrons. The van der Waals surface area contributed by atoms with E-state index in [9.17, 15) is 4.79 Å². The molecule has 0 saturated heterocycles. The standard InChI is InChI=1S/C4H7NO.C3H9N/c1-3-4(6)5-2;1-4(2)3/h3H,1H2,2H3,(H,5,6);1-3H3. The number of carbonyl (C=O) groups is 1. The molecule has 1 N–H and O–H groups in total. The minimum Gasteiger partial charge on any atom is -0.356 e. The van der Waals surface area contributed by atoms with Gasteiger partial charge >= 0.3 is 0 Å². The number of likely N-dealkylation sites (N-methyl/N-ethyl adjacent to an activating group) is 1. The predicted molar refractivity (Wildman–Crippen MR) is 43.9 cm³/mol. The molecule has 3 heteroatoms. The van der Waals surface area contributed by atoms with Crippen LogP contribution in [0.4, 0.5) is 0 Å². The van der Waals surface area contributed by atoms with Crippen molar-refractivity contribution >= 4 is 5.91 Å². The first-order valence-electron chi connectivity index (χ1n) is 2.99. The summed E-state index contributed by atoms with van der Waals surface area (Å²) < 4.78 is 0. The first-order valence-corrected chi connectivity index (χ1v) is 2.99. The molecule has 0 aromatic carbocycles. The van der Waals surface area contributed by atoms with E-state index >= 15 is 0 Å². The molecule has 0 rings (SSSR count). The molecule has 3 nitrogen and oxygen atoms in total. The van der Waals surface area contributed by atoms with E-state index in [0.29, 0.717) is 0 Å². The van der Waals surface area contributed by atoms with Crippen LogP contribution in [-0.2, 0) is 4.79 Å². The molecule has 0 fully saturated rings. The summed E-state index contributed by atoms with van der Waals surface area (Å²) in [5.41, 5.74) is 0. The molecule has 0 aromatic heterocycles. The largest absolute Gasteiger partial charge is 0.356 e. The monoisotopic (exact) mass is 144 g/mol. The second-order valence-electron chi connectivity index (χ2n) is 2.16. The normalized spacial score (nSPS) is 7.70. The van der Waals surface area contributed by atoms with E-state index in [4.69, 9.17) is 0 Å². The van der Waals surface area contributed by atoms with Gasteiger partial charge in [0.15, 0.2) is 0 Å². The molecule has 0 aromatic rings. The van der Waals surface area contributed by atoms with Crippen molar-refractivity contribution in [3.8, 4) is 0 Å². The van der Waals surface area contributed by atoms with Gasteiger partial charge in [-0.15, -0.1) is 0 Å². The zero-order chi connectivity index (χ0) is 8.57. The van der Waals surface area contributed by atoms with Gasteiger partial charge in [-0.2, -0.15) is 0 Å². The molecule has 0 aliphatic carbocycles. The molecule has 0 aliphatic rings. The van der Waals surface area contributed by atoms with Gasteiger partial charge in [0.1, 0.15) is 0 Å². The smallest absolute Gasteiger partial charge is 0.243 e. The van der Waals surface area contributed by atoms with Crippen LogP contribution in [0.25, 0.3) is 0 Å². The molecule has 0 bridgehead atoms. The van der Waals surface area contributed by atoms with Crippen LogP contribution >= 0.6 is 0 Å². The Labute approximate surface area is 62.7 Å². The molecule has 1 amide bonds. The molecule has 0 aliphatic heterocycles. The van der Waals surface area contributed by atoms with Crippen LogP contribution in [0, 0.1) is 0 Å². The first kappa shape index (κ1) is 11.9. The highest BCUT2D eigenvalue weighted by Gasteiger charge is 1.78. The number of hydrogen-bond donors (Lipinski definition) is 1. The average Bonchev–Trinajstić information content (AvgIpc) is 1.85. The van der Waals surface area contributed by atoms with Gasteiger partial charge in [0.05, 0.1) is 0 Å². The van der Waals surface area contributed by atoms with Gasteiger partial charge in [0.2, 0.25) is 5.91 Å². The summed E-state index contributed by atoms with van der Waals surface area (Å²) in [5, 5.41) is 2.36. The fraction of sp³-hybridized carbons (Fsp3) is 0.571. The van der Waals surface area contributed by atoms with Crippen molar-refractivity contribution in [3.63, 3.8) is 0 Å². The molecule has 0 atom stereocenters. The maximum absolute atomic E-state index is 9.95. The number of carbonyl (C=O) groups excluding carboxylic acids is 1. The lowest BCUT2D eigenvalue weighted by molar-refractivity contribution is -0.116. The zero-order valence-electron chi connectivity index (χ0n) is 7.14. The van der Waals surface area contributed by atoms with Gasteiger partial charge in [0.25, 0.3) is 0 Å². The third-order valence-corrected chi connectivity index (χ3v) is 0.432. The second-order valence-corrected chi connectivity index (χ2v) is 2.16. The Morgan fingerprint density at radius 3 is 1.80 bits per heavy atom. The van der Waals surface area contributed by atoms with Gasteiger partial charge in [0, 0.05) is 7.05 Å². The second kappa shape index (κ2) is 8.17. The van der Waals surface area contributed by atoms with Crippen LogP contribution in [0.2, 0.25) is 0 Å².